The van der Waals surface area contributed by atoms with E-state index in [4.69, 9.17) is 29.9 Å². The minimum absolute atomic E-state index is 0.211. The van der Waals surface area contributed by atoms with Crippen molar-refractivity contribution in [1.82, 2.24) is 4.68 Å². The number of benzene rings is 1. The Hall–Kier alpha value is -3.13. The Morgan fingerprint density at radius 2 is 1.66 bits per heavy atom. The maximum atomic E-state index is 12.5. The predicted molar refractivity (Wildman–Crippen MR) is 191 cm³/mol. The summed E-state index contributed by atoms with van der Waals surface area (Å²) in [5.41, 5.74) is 9.55. The average Bonchev–Trinajstić information content (AvgIpc) is 3.70. The van der Waals surface area contributed by atoms with Crippen molar-refractivity contribution in [3.05, 3.63) is 58.7 Å². The molecule has 1 aromatic heterocycles. The number of hydrogen-bond acceptors (Lipinski definition) is 11. The van der Waals surface area contributed by atoms with Gasteiger partial charge in [-0.25, -0.2) is 9.38 Å². The summed E-state index contributed by atoms with van der Waals surface area (Å²) in [6.45, 7) is 2.46. The van der Waals surface area contributed by atoms with Crippen LogP contribution < -0.4 is 11.2 Å². The van der Waals surface area contributed by atoms with Crippen molar-refractivity contribution < 1.29 is 33.3 Å². The van der Waals surface area contributed by atoms with Crippen molar-refractivity contribution in [3.63, 3.8) is 0 Å². The lowest BCUT2D eigenvalue weighted by atomic mass is 9.99. The van der Waals surface area contributed by atoms with Crippen LogP contribution in [-0.2, 0) is 20.4 Å². The van der Waals surface area contributed by atoms with E-state index in [1.54, 1.807) is 10.7 Å². The molecule has 3 heterocycles. The lowest BCUT2D eigenvalue weighted by Gasteiger charge is -2.26. The fraction of sp³-hybridized carbons (Fsp3) is 0.639. The van der Waals surface area contributed by atoms with E-state index in [9.17, 15) is 19.7 Å². The van der Waals surface area contributed by atoms with Crippen molar-refractivity contribution in [1.29, 1.82) is 10.5 Å². The maximum Gasteiger partial charge on any atom is 0.329 e. The fourth-order valence-corrected chi connectivity index (χ4v) is 6.67. The van der Waals surface area contributed by atoms with Gasteiger partial charge >= 0.3 is 8.60 Å². The van der Waals surface area contributed by atoms with Crippen LogP contribution in [0.25, 0.3) is 0 Å². The van der Waals surface area contributed by atoms with E-state index >= 15 is 0 Å². The van der Waals surface area contributed by atoms with E-state index < -0.39 is 32.2 Å². The molecule has 14 heteroatoms. The molecule has 2 aliphatic rings. The number of fused-ring (bicyclic) bond motifs is 1. The smallest absolute Gasteiger partial charge is 0.329 e. The topological polar surface area (TPSA) is 191 Å². The first-order chi connectivity index (χ1) is 24.3. The van der Waals surface area contributed by atoms with Gasteiger partial charge in [0, 0.05) is 6.42 Å². The Kier molecular flexibility index (Phi) is 18.7. The molecule has 0 amide bonds. The quantitative estimate of drug-likeness (QED) is 0.0685. The molecule has 12 nitrogen and oxygen atoms in total. The van der Waals surface area contributed by atoms with Gasteiger partial charge in [0.15, 0.2) is 0 Å². The van der Waals surface area contributed by atoms with Gasteiger partial charge in [-0.3, -0.25) is 4.68 Å². The summed E-state index contributed by atoms with van der Waals surface area (Å²) in [6, 6.07) is 11.3. The third-order valence-electron chi connectivity index (χ3n) is 8.86. The number of nitrogens with zero attached hydrogens (tertiary/aromatic N) is 4. The van der Waals surface area contributed by atoms with E-state index in [0.29, 0.717) is 30.4 Å². The second-order valence-corrected chi connectivity index (χ2v) is 13.7. The van der Waals surface area contributed by atoms with Gasteiger partial charge in [-0.1, -0.05) is 90.4 Å². The van der Waals surface area contributed by atoms with Crippen LogP contribution in [0, 0.1) is 28.5 Å². The summed E-state index contributed by atoms with van der Waals surface area (Å²) >= 11 is 0. The zero-order chi connectivity index (χ0) is 36.2. The lowest BCUT2D eigenvalue weighted by molar-refractivity contribution is -0.0715. The van der Waals surface area contributed by atoms with E-state index in [1.165, 1.54) is 89.2 Å². The Morgan fingerprint density at radius 1 is 1.02 bits per heavy atom. The van der Waals surface area contributed by atoms with Crippen molar-refractivity contribution in [2.75, 3.05) is 25.3 Å². The molecule has 1 saturated heterocycles. The Morgan fingerprint density at radius 3 is 2.26 bits per heavy atom. The van der Waals surface area contributed by atoms with Gasteiger partial charge in [-0.15, -0.1) is 0 Å². The molecule has 0 radical (unpaired) electrons. The molecule has 6 N–H and O–H groups in total. The standard InChI is InChI=1S/C28H48N5O5P.C8H6FNO/c1-2-3-4-5-6-7-8-9-10-11-12-13-14-15-18-36-39(35)37-21-28(20-29)26(34)19-25(38-28)23-16-17-24-27(30)31-22-32-33(23)24;9-8-2-6(4-10)1-7(3-8)5-11/h16-17,25-26,32,34-35H,2-15,18-19,21-22H2,1H3,(H2,30,31);1-3,11H,5H2. The van der Waals surface area contributed by atoms with E-state index in [1.807, 2.05) is 12.1 Å². The average molecular weight is 717 g/mol. The molecule has 1 aromatic carbocycles. The van der Waals surface area contributed by atoms with Crippen molar-refractivity contribution >= 4 is 14.4 Å². The molecular formula is C36H54FN6O6P. The highest BCUT2D eigenvalue weighted by atomic mass is 31.2. The van der Waals surface area contributed by atoms with Gasteiger partial charge < -0.3 is 40.1 Å². The highest BCUT2D eigenvalue weighted by Crippen LogP contribution is 2.43. The predicted octanol–water partition coefficient (Wildman–Crippen LogP) is 6.72. The van der Waals surface area contributed by atoms with Gasteiger partial charge in [0.25, 0.3) is 0 Å². The number of nitriles is 2. The molecule has 2 aliphatic heterocycles. The summed E-state index contributed by atoms with van der Waals surface area (Å²) in [5.74, 6) is -0.0802. The lowest BCUT2D eigenvalue weighted by Crippen LogP contribution is -2.42. The SMILES string of the molecule is CCCCCCCCCCCCCCCCOP(O)OCC1(C#N)OC(c2ccc3n2NCN=C3N)CC1O.N#Cc1cc(F)cc(CO)c1. The van der Waals surface area contributed by atoms with Crippen LogP contribution in [0.1, 0.15) is 132 Å². The number of nitrogens with one attached hydrogen (secondary N) is 1. The number of hydrogen-bond donors (Lipinski definition) is 5. The van der Waals surface area contributed by atoms with Crippen LogP contribution in [0.3, 0.4) is 0 Å². The van der Waals surface area contributed by atoms with E-state index in [2.05, 4.69) is 23.4 Å². The number of ether oxygens (including phenoxy) is 1. The zero-order valence-corrected chi connectivity index (χ0v) is 30.1. The molecule has 2 aromatic rings. The van der Waals surface area contributed by atoms with Crippen molar-refractivity contribution in [2.45, 2.75) is 128 Å². The number of aliphatic imine (C=N–C) groups is 1. The van der Waals surface area contributed by atoms with Crippen LogP contribution in [0.5, 0.6) is 0 Å². The normalized spacial score (nSPS) is 20.1. The molecule has 0 bridgehead atoms. The number of nitrogens with two attached hydrogens (primary N) is 1. The number of unbranched alkanes of at least 4 members (excludes halogenated alkanes) is 13. The first kappa shape index (κ1) is 41.3. The molecule has 1 fully saturated rings. The van der Waals surface area contributed by atoms with Crippen molar-refractivity contribution in [2.24, 2.45) is 10.7 Å². The molecule has 276 valence electrons. The molecular weight excluding hydrogens is 662 g/mol. The molecule has 0 spiro atoms. The Labute approximate surface area is 297 Å². The number of halogens is 1. The minimum atomic E-state index is -2.16. The minimum Gasteiger partial charge on any atom is -0.392 e. The number of aliphatic hydroxyl groups excluding tert-OH is 2. The molecule has 0 aliphatic carbocycles. The number of aromatic nitrogens is 1. The molecule has 4 rings (SSSR count). The van der Waals surface area contributed by atoms with Gasteiger partial charge in [0.1, 0.15) is 48.9 Å². The summed E-state index contributed by atoms with van der Waals surface area (Å²) in [4.78, 5) is 14.3. The van der Waals surface area contributed by atoms with Gasteiger partial charge in [-0.2, -0.15) is 10.5 Å². The summed E-state index contributed by atoms with van der Waals surface area (Å²) in [5, 5.41) is 37.5. The molecule has 50 heavy (non-hydrogen) atoms. The number of aliphatic hydroxyl groups is 2. The van der Waals surface area contributed by atoms with Crippen molar-refractivity contribution in [3.8, 4) is 12.1 Å². The van der Waals surface area contributed by atoms with Gasteiger partial charge in [0.05, 0.1) is 30.5 Å². The van der Waals surface area contributed by atoms with Crippen LogP contribution in [-0.4, -0.2) is 57.2 Å². The van der Waals surface area contributed by atoms with E-state index in [-0.39, 0.29) is 25.2 Å². The van der Waals surface area contributed by atoms with Crippen LogP contribution >= 0.6 is 8.60 Å². The van der Waals surface area contributed by atoms with E-state index in [0.717, 1.165) is 24.6 Å². The number of amidine groups is 1. The van der Waals surface area contributed by atoms with Crippen LogP contribution in [0.15, 0.2) is 35.3 Å². The monoisotopic (exact) mass is 716 g/mol. The Bertz CT molecular complexity index is 1410. The first-order valence-corrected chi connectivity index (χ1v) is 19.0. The maximum absolute atomic E-state index is 12.5. The third-order valence-corrected chi connectivity index (χ3v) is 9.61. The summed E-state index contributed by atoms with van der Waals surface area (Å²) in [7, 11) is -2.16. The fourth-order valence-electron chi connectivity index (χ4n) is 6.00. The Balaban J connectivity index is 0.000000521. The number of rotatable bonds is 21. The molecule has 4 unspecified atom stereocenters. The van der Waals surface area contributed by atoms with Crippen LogP contribution in [0.2, 0.25) is 0 Å². The molecule has 4 atom stereocenters. The van der Waals surface area contributed by atoms with Crippen LogP contribution in [0.4, 0.5) is 4.39 Å². The first-order valence-electron chi connectivity index (χ1n) is 17.8. The highest BCUT2D eigenvalue weighted by Gasteiger charge is 2.51. The van der Waals surface area contributed by atoms with Gasteiger partial charge in [0.2, 0.25) is 5.60 Å². The zero-order valence-electron chi connectivity index (χ0n) is 29.2. The second-order valence-electron chi connectivity index (χ2n) is 12.8. The third kappa shape index (κ3) is 13.2. The van der Waals surface area contributed by atoms with Gasteiger partial charge in [-0.05, 0) is 42.3 Å². The summed E-state index contributed by atoms with van der Waals surface area (Å²) < 4.78 is 31.2. The molecule has 0 saturated carbocycles. The summed E-state index contributed by atoms with van der Waals surface area (Å²) in [6.07, 6.45) is 16.5. The highest BCUT2D eigenvalue weighted by molar-refractivity contribution is 7.40. The second kappa shape index (κ2) is 22.6. The largest absolute Gasteiger partial charge is 0.392 e.